The van der Waals surface area contributed by atoms with E-state index in [4.69, 9.17) is 11.6 Å². The molecule has 0 bridgehead atoms. The first-order chi connectivity index (χ1) is 6.27. The average molecular weight is 195 g/mol. The van der Waals surface area contributed by atoms with Gasteiger partial charge >= 0.3 is 0 Å². The van der Waals surface area contributed by atoms with Crippen LogP contribution in [-0.2, 0) is 0 Å². The summed E-state index contributed by atoms with van der Waals surface area (Å²) >= 11 is 5.61. The van der Waals surface area contributed by atoms with E-state index in [-0.39, 0.29) is 5.75 Å². The predicted octanol–water partition coefficient (Wildman–Crippen LogP) is 2.44. The fourth-order valence-corrected chi connectivity index (χ4v) is 1.29. The molecule has 0 saturated heterocycles. The Bertz CT molecular complexity index is 425. The van der Waals surface area contributed by atoms with Gasteiger partial charge in [0.2, 0.25) is 0 Å². The molecule has 0 amide bonds. The molecule has 0 spiro atoms. The van der Waals surface area contributed by atoms with Crippen LogP contribution < -0.4 is 0 Å². The van der Waals surface area contributed by atoms with Crippen LogP contribution in [0.3, 0.4) is 0 Å². The zero-order valence-electron chi connectivity index (χ0n) is 6.66. The molecule has 0 aliphatic heterocycles. The molecule has 3 nitrogen and oxygen atoms in total. The molecule has 0 aliphatic carbocycles. The first-order valence-electron chi connectivity index (χ1n) is 3.76. The SMILES string of the molecule is Oc1ccccc1-c1cnc(Cl)[nH]1. The lowest BCUT2D eigenvalue weighted by Gasteiger charge is -1.99. The summed E-state index contributed by atoms with van der Waals surface area (Å²) in [6.07, 6.45) is 1.58. The fraction of sp³-hybridized carbons (Fsp3) is 0. The summed E-state index contributed by atoms with van der Waals surface area (Å²) in [5.74, 6) is 0.211. The highest BCUT2D eigenvalue weighted by atomic mass is 35.5. The van der Waals surface area contributed by atoms with E-state index in [1.54, 1.807) is 24.4 Å². The molecule has 2 N–H and O–H groups in total. The van der Waals surface area contributed by atoms with Crippen molar-refractivity contribution in [3.63, 3.8) is 0 Å². The molecular formula is C9H7ClN2O. The maximum Gasteiger partial charge on any atom is 0.200 e. The number of para-hydroxylation sites is 1. The maximum atomic E-state index is 9.48. The number of benzene rings is 1. The predicted molar refractivity (Wildman–Crippen MR) is 50.7 cm³/mol. The van der Waals surface area contributed by atoms with Crippen molar-refractivity contribution in [2.75, 3.05) is 0 Å². The van der Waals surface area contributed by atoms with E-state index in [1.165, 1.54) is 0 Å². The van der Waals surface area contributed by atoms with E-state index < -0.39 is 0 Å². The Hall–Kier alpha value is -1.48. The second-order valence-electron chi connectivity index (χ2n) is 2.60. The Morgan fingerprint density at radius 3 is 2.69 bits per heavy atom. The number of hydrogen-bond donors (Lipinski definition) is 2. The zero-order valence-corrected chi connectivity index (χ0v) is 7.42. The van der Waals surface area contributed by atoms with Crippen LogP contribution in [0.1, 0.15) is 0 Å². The lowest BCUT2D eigenvalue weighted by molar-refractivity contribution is 0.477. The van der Waals surface area contributed by atoms with Crippen molar-refractivity contribution in [1.82, 2.24) is 9.97 Å². The van der Waals surface area contributed by atoms with E-state index in [9.17, 15) is 5.11 Å². The minimum Gasteiger partial charge on any atom is -0.507 e. The molecule has 13 heavy (non-hydrogen) atoms. The molecule has 1 aromatic heterocycles. The number of phenols is 1. The van der Waals surface area contributed by atoms with Gasteiger partial charge in [-0.25, -0.2) is 4.98 Å². The number of nitrogens with one attached hydrogen (secondary N) is 1. The van der Waals surface area contributed by atoms with Gasteiger partial charge in [0, 0.05) is 5.56 Å². The fourth-order valence-electron chi connectivity index (χ4n) is 1.14. The van der Waals surface area contributed by atoms with Crippen LogP contribution in [0, 0.1) is 0 Å². The van der Waals surface area contributed by atoms with Gasteiger partial charge < -0.3 is 10.1 Å². The number of rotatable bonds is 1. The Morgan fingerprint density at radius 2 is 2.08 bits per heavy atom. The molecule has 0 fully saturated rings. The molecule has 0 unspecified atom stereocenters. The van der Waals surface area contributed by atoms with Gasteiger partial charge in [0.05, 0.1) is 11.9 Å². The quantitative estimate of drug-likeness (QED) is 0.733. The third kappa shape index (κ3) is 1.51. The summed E-state index contributed by atoms with van der Waals surface area (Å²) in [6.45, 7) is 0. The number of aromatic amines is 1. The van der Waals surface area contributed by atoms with Gasteiger partial charge in [-0.1, -0.05) is 12.1 Å². The molecule has 2 aromatic rings. The van der Waals surface area contributed by atoms with Crippen LogP contribution in [0.4, 0.5) is 0 Å². The minimum absolute atomic E-state index is 0.211. The van der Waals surface area contributed by atoms with Crippen LogP contribution in [0.5, 0.6) is 5.75 Å². The molecule has 66 valence electrons. The largest absolute Gasteiger partial charge is 0.507 e. The summed E-state index contributed by atoms with van der Waals surface area (Å²) < 4.78 is 0. The van der Waals surface area contributed by atoms with E-state index in [0.717, 1.165) is 0 Å². The van der Waals surface area contributed by atoms with Crippen molar-refractivity contribution in [1.29, 1.82) is 0 Å². The third-order valence-electron chi connectivity index (χ3n) is 1.74. The van der Waals surface area contributed by atoms with Crippen LogP contribution >= 0.6 is 11.6 Å². The van der Waals surface area contributed by atoms with Crippen molar-refractivity contribution in [3.8, 4) is 17.0 Å². The molecule has 0 atom stereocenters. The van der Waals surface area contributed by atoms with E-state index in [1.807, 2.05) is 6.07 Å². The van der Waals surface area contributed by atoms with Crippen LogP contribution in [0.25, 0.3) is 11.3 Å². The summed E-state index contributed by atoms with van der Waals surface area (Å²) in [4.78, 5) is 6.66. The Morgan fingerprint density at radius 1 is 1.31 bits per heavy atom. The van der Waals surface area contributed by atoms with Crippen molar-refractivity contribution in [2.45, 2.75) is 0 Å². The highest BCUT2D eigenvalue weighted by molar-refractivity contribution is 6.28. The summed E-state index contributed by atoms with van der Waals surface area (Å²) in [7, 11) is 0. The number of nitrogens with zero attached hydrogens (tertiary/aromatic N) is 1. The van der Waals surface area contributed by atoms with E-state index in [2.05, 4.69) is 9.97 Å². The molecule has 0 saturated carbocycles. The number of aromatic hydroxyl groups is 1. The molecular weight excluding hydrogens is 188 g/mol. The van der Waals surface area contributed by atoms with Crippen LogP contribution in [0.15, 0.2) is 30.5 Å². The van der Waals surface area contributed by atoms with Gasteiger partial charge in [-0.05, 0) is 23.7 Å². The molecule has 2 rings (SSSR count). The summed E-state index contributed by atoms with van der Waals surface area (Å²) in [6, 6.07) is 7.00. The zero-order chi connectivity index (χ0) is 9.26. The van der Waals surface area contributed by atoms with Gasteiger partial charge in [-0.2, -0.15) is 0 Å². The van der Waals surface area contributed by atoms with Crippen molar-refractivity contribution in [2.24, 2.45) is 0 Å². The highest BCUT2D eigenvalue weighted by Crippen LogP contribution is 2.27. The van der Waals surface area contributed by atoms with Crippen molar-refractivity contribution in [3.05, 3.63) is 35.7 Å². The Kier molecular flexibility index (Phi) is 1.94. The average Bonchev–Trinajstić information content (AvgIpc) is 2.53. The van der Waals surface area contributed by atoms with Gasteiger partial charge in [0.15, 0.2) is 5.28 Å². The number of imidazole rings is 1. The summed E-state index contributed by atoms with van der Waals surface area (Å²) in [5.41, 5.74) is 1.41. The number of H-pyrrole nitrogens is 1. The van der Waals surface area contributed by atoms with Gasteiger partial charge in [0.1, 0.15) is 5.75 Å². The molecule has 0 aliphatic rings. The van der Waals surface area contributed by atoms with Gasteiger partial charge in [-0.3, -0.25) is 0 Å². The van der Waals surface area contributed by atoms with Crippen LogP contribution in [0.2, 0.25) is 5.28 Å². The number of aromatic nitrogens is 2. The van der Waals surface area contributed by atoms with Crippen molar-refractivity contribution < 1.29 is 5.11 Å². The van der Waals surface area contributed by atoms with E-state index >= 15 is 0 Å². The lowest BCUT2D eigenvalue weighted by atomic mass is 10.1. The van der Waals surface area contributed by atoms with Crippen LogP contribution in [-0.4, -0.2) is 15.1 Å². The molecule has 1 heterocycles. The molecule has 4 heteroatoms. The molecule has 0 radical (unpaired) electrons. The maximum absolute atomic E-state index is 9.48. The number of halogens is 1. The van der Waals surface area contributed by atoms with Gasteiger partial charge in [-0.15, -0.1) is 0 Å². The second-order valence-corrected chi connectivity index (χ2v) is 2.96. The second kappa shape index (κ2) is 3.11. The topological polar surface area (TPSA) is 48.9 Å². The highest BCUT2D eigenvalue weighted by Gasteiger charge is 2.04. The minimum atomic E-state index is 0.211. The number of phenolic OH excluding ortho intramolecular Hbond substituents is 1. The van der Waals surface area contributed by atoms with Crippen molar-refractivity contribution >= 4 is 11.6 Å². The normalized spacial score (nSPS) is 10.2. The third-order valence-corrected chi connectivity index (χ3v) is 1.93. The standard InChI is InChI=1S/C9H7ClN2O/c10-9-11-5-7(12-9)6-3-1-2-4-8(6)13/h1-5,13H,(H,11,12). The van der Waals surface area contributed by atoms with Gasteiger partial charge in [0.25, 0.3) is 0 Å². The van der Waals surface area contributed by atoms with E-state index in [0.29, 0.717) is 16.5 Å². The Balaban J connectivity index is 2.52. The summed E-state index contributed by atoms with van der Waals surface area (Å²) in [5, 5.41) is 9.80. The Labute approximate surface area is 80.0 Å². The first-order valence-corrected chi connectivity index (χ1v) is 4.14. The number of hydrogen-bond acceptors (Lipinski definition) is 2. The molecule has 1 aromatic carbocycles. The smallest absolute Gasteiger partial charge is 0.200 e. The lowest BCUT2D eigenvalue weighted by Crippen LogP contribution is -1.77. The monoisotopic (exact) mass is 194 g/mol. The first kappa shape index (κ1) is 8.13.